The Hall–Kier alpha value is -1.06. The second-order valence-corrected chi connectivity index (χ2v) is 5.09. The molecule has 0 rings (SSSR count). The second-order valence-electron chi connectivity index (χ2n) is 5.09. The maximum Gasteiger partial charge on any atom is 0.350 e. The third kappa shape index (κ3) is 5.71. The maximum atomic E-state index is 11.8. The third-order valence-electron chi connectivity index (χ3n) is 2.32. The lowest BCUT2D eigenvalue weighted by atomic mass is 10.1. The van der Waals surface area contributed by atoms with Crippen LogP contribution in [-0.2, 0) is 19.1 Å². The number of esters is 2. The van der Waals surface area contributed by atoms with Crippen molar-refractivity contribution in [3.8, 4) is 0 Å². The molecule has 4 nitrogen and oxygen atoms in total. The minimum atomic E-state index is -1.22. The average molecular weight is 244 g/mol. The summed E-state index contributed by atoms with van der Waals surface area (Å²) >= 11 is 0. The molecule has 0 amide bonds. The van der Waals surface area contributed by atoms with Gasteiger partial charge < -0.3 is 9.47 Å². The maximum absolute atomic E-state index is 11.8. The molecule has 0 aromatic rings. The quantitative estimate of drug-likeness (QED) is 0.674. The van der Waals surface area contributed by atoms with Gasteiger partial charge in [-0.3, -0.25) is 4.79 Å². The van der Waals surface area contributed by atoms with Crippen LogP contribution < -0.4 is 0 Å². The van der Waals surface area contributed by atoms with Gasteiger partial charge in [0.15, 0.2) is 0 Å². The van der Waals surface area contributed by atoms with Gasteiger partial charge in [0.05, 0.1) is 12.0 Å². The van der Waals surface area contributed by atoms with Crippen molar-refractivity contribution < 1.29 is 19.1 Å². The summed E-state index contributed by atoms with van der Waals surface area (Å²) in [7, 11) is 0. The molecule has 0 aromatic carbocycles. The summed E-state index contributed by atoms with van der Waals surface area (Å²) in [5.74, 6) is -1.14. The SMILES string of the molecule is CCCC(C)OC(=O)C(C)(C)OC(=O)C(C)C. The molecule has 0 saturated heterocycles. The zero-order valence-corrected chi connectivity index (χ0v) is 11.7. The van der Waals surface area contributed by atoms with Crippen molar-refractivity contribution >= 4 is 11.9 Å². The molecule has 4 heteroatoms. The molecule has 0 aliphatic rings. The van der Waals surface area contributed by atoms with Crippen molar-refractivity contribution in [2.45, 2.75) is 66.1 Å². The fourth-order valence-electron chi connectivity index (χ4n) is 1.20. The highest BCUT2D eigenvalue weighted by Gasteiger charge is 2.35. The third-order valence-corrected chi connectivity index (χ3v) is 2.32. The monoisotopic (exact) mass is 244 g/mol. The van der Waals surface area contributed by atoms with E-state index in [2.05, 4.69) is 0 Å². The lowest BCUT2D eigenvalue weighted by Crippen LogP contribution is -2.41. The zero-order chi connectivity index (χ0) is 13.6. The van der Waals surface area contributed by atoms with Gasteiger partial charge in [0.1, 0.15) is 0 Å². The molecule has 0 heterocycles. The highest BCUT2D eigenvalue weighted by atomic mass is 16.6. The van der Waals surface area contributed by atoms with Crippen LogP contribution in [0, 0.1) is 5.92 Å². The largest absolute Gasteiger partial charge is 0.460 e. The highest BCUT2D eigenvalue weighted by Crippen LogP contribution is 2.16. The van der Waals surface area contributed by atoms with Gasteiger partial charge in [-0.1, -0.05) is 27.2 Å². The molecule has 0 N–H and O–H groups in total. The van der Waals surface area contributed by atoms with Crippen LogP contribution in [0.5, 0.6) is 0 Å². The van der Waals surface area contributed by atoms with Crippen molar-refractivity contribution in [3.05, 3.63) is 0 Å². The summed E-state index contributed by atoms with van der Waals surface area (Å²) < 4.78 is 10.3. The number of carbonyl (C=O) groups is 2. The van der Waals surface area contributed by atoms with Gasteiger partial charge in [-0.05, 0) is 27.2 Å². The van der Waals surface area contributed by atoms with Crippen molar-refractivity contribution in [1.29, 1.82) is 0 Å². The molecule has 0 bridgehead atoms. The minimum absolute atomic E-state index is 0.149. The molecule has 17 heavy (non-hydrogen) atoms. The van der Waals surface area contributed by atoms with E-state index >= 15 is 0 Å². The standard InChI is InChI=1S/C13H24O4/c1-7-8-10(4)16-12(15)13(5,6)17-11(14)9(2)3/h9-10H,7-8H2,1-6H3. The fourth-order valence-corrected chi connectivity index (χ4v) is 1.20. The first-order chi connectivity index (χ1) is 7.70. The van der Waals surface area contributed by atoms with Crippen LogP contribution in [0.15, 0.2) is 0 Å². The van der Waals surface area contributed by atoms with Crippen molar-refractivity contribution in [2.75, 3.05) is 0 Å². The van der Waals surface area contributed by atoms with Crippen LogP contribution in [-0.4, -0.2) is 23.6 Å². The van der Waals surface area contributed by atoms with E-state index < -0.39 is 17.5 Å². The molecule has 0 spiro atoms. The van der Waals surface area contributed by atoms with E-state index in [0.717, 1.165) is 12.8 Å². The number of hydrogen-bond acceptors (Lipinski definition) is 4. The smallest absolute Gasteiger partial charge is 0.350 e. The Morgan fingerprint density at radius 3 is 2.12 bits per heavy atom. The Balaban J connectivity index is 4.39. The van der Waals surface area contributed by atoms with Gasteiger partial charge in [0.2, 0.25) is 5.60 Å². The zero-order valence-electron chi connectivity index (χ0n) is 11.7. The van der Waals surface area contributed by atoms with E-state index in [1.54, 1.807) is 27.7 Å². The molecule has 0 aliphatic heterocycles. The van der Waals surface area contributed by atoms with Crippen molar-refractivity contribution in [2.24, 2.45) is 5.92 Å². The molecule has 0 fully saturated rings. The Morgan fingerprint density at radius 1 is 1.18 bits per heavy atom. The van der Waals surface area contributed by atoms with E-state index in [4.69, 9.17) is 9.47 Å². The first kappa shape index (κ1) is 15.9. The minimum Gasteiger partial charge on any atom is -0.460 e. The molecule has 100 valence electrons. The van der Waals surface area contributed by atoms with Crippen LogP contribution in [0.4, 0.5) is 0 Å². The molecular formula is C13H24O4. The Kier molecular flexibility index (Phi) is 6.21. The van der Waals surface area contributed by atoms with Crippen molar-refractivity contribution in [1.82, 2.24) is 0 Å². The number of carbonyl (C=O) groups excluding carboxylic acids is 2. The van der Waals surface area contributed by atoms with E-state index in [0.29, 0.717) is 0 Å². The molecular weight excluding hydrogens is 220 g/mol. The number of hydrogen-bond donors (Lipinski definition) is 0. The molecule has 1 unspecified atom stereocenters. The topological polar surface area (TPSA) is 52.6 Å². The molecule has 0 aliphatic carbocycles. The van der Waals surface area contributed by atoms with Crippen LogP contribution in [0.1, 0.15) is 54.4 Å². The second kappa shape index (κ2) is 6.62. The van der Waals surface area contributed by atoms with Gasteiger partial charge >= 0.3 is 11.9 Å². The summed E-state index contributed by atoms with van der Waals surface area (Å²) in [6.45, 7) is 10.4. The molecule has 0 saturated carbocycles. The molecule has 0 aromatic heterocycles. The molecule has 0 radical (unpaired) electrons. The summed E-state index contributed by atoms with van der Waals surface area (Å²) in [6, 6.07) is 0. The Labute approximate surface area is 104 Å². The summed E-state index contributed by atoms with van der Waals surface area (Å²) in [6.07, 6.45) is 1.60. The van der Waals surface area contributed by atoms with Gasteiger partial charge in [-0.25, -0.2) is 4.79 Å². The lowest BCUT2D eigenvalue weighted by Gasteiger charge is -2.25. The van der Waals surface area contributed by atoms with E-state index in [9.17, 15) is 9.59 Å². The van der Waals surface area contributed by atoms with Crippen LogP contribution in [0.25, 0.3) is 0 Å². The van der Waals surface area contributed by atoms with E-state index in [-0.39, 0.29) is 12.0 Å². The van der Waals surface area contributed by atoms with E-state index in [1.807, 2.05) is 13.8 Å². The normalized spacial score (nSPS) is 13.4. The van der Waals surface area contributed by atoms with Crippen LogP contribution in [0.3, 0.4) is 0 Å². The number of rotatable bonds is 6. The van der Waals surface area contributed by atoms with Crippen LogP contribution in [0.2, 0.25) is 0 Å². The van der Waals surface area contributed by atoms with Gasteiger partial charge in [-0.15, -0.1) is 0 Å². The predicted octanol–water partition coefficient (Wildman–Crippen LogP) is 2.70. The van der Waals surface area contributed by atoms with E-state index in [1.165, 1.54) is 0 Å². The van der Waals surface area contributed by atoms with Crippen molar-refractivity contribution in [3.63, 3.8) is 0 Å². The van der Waals surface area contributed by atoms with Gasteiger partial charge in [0.25, 0.3) is 0 Å². The first-order valence-electron chi connectivity index (χ1n) is 6.14. The summed E-state index contributed by atoms with van der Waals surface area (Å²) in [5.41, 5.74) is -1.22. The Morgan fingerprint density at radius 2 is 1.71 bits per heavy atom. The first-order valence-corrected chi connectivity index (χ1v) is 6.14. The molecule has 1 atom stereocenters. The summed E-state index contributed by atoms with van der Waals surface area (Å²) in [4.78, 5) is 23.3. The highest BCUT2D eigenvalue weighted by molar-refractivity contribution is 5.83. The fraction of sp³-hybridized carbons (Fsp3) is 0.846. The summed E-state index contributed by atoms with van der Waals surface area (Å²) in [5, 5.41) is 0. The van der Waals surface area contributed by atoms with Gasteiger partial charge in [-0.2, -0.15) is 0 Å². The van der Waals surface area contributed by atoms with Crippen LogP contribution >= 0.6 is 0 Å². The average Bonchev–Trinajstić information content (AvgIpc) is 2.16. The predicted molar refractivity (Wildman–Crippen MR) is 65.5 cm³/mol. The van der Waals surface area contributed by atoms with Gasteiger partial charge in [0, 0.05) is 0 Å². The lowest BCUT2D eigenvalue weighted by molar-refractivity contribution is -0.183. The Bertz CT molecular complexity index is 269. The number of ether oxygens (including phenoxy) is 2.